The molecule has 87 valence electrons. The Hall–Kier alpha value is -2.55. The van der Waals surface area contributed by atoms with Crippen LogP contribution in [-0.4, -0.2) is 9.55 Å². The van der Waals surface area contributed by atoms with Crippen LogP contribution in [-0.2, 0) is 5.11 Å². The SMILES string of the molecule is [O]c1ccc(-c2ccccc2)c(-n2ccnc2)c1. The number of nitrogens with zero attached hydrogens (tertiary/aromatic N) is 2. The molecule has 0 spiro atoms. The minimum absolute atomic E-state index is 0.00150. The van der Waals surface area contributed by atoms with Crippen molar-refractivity contribution in [3.8, 4) is 22.6 Å². The van der Waals surface area contributed by atoms with Crippen molar-refractivity contribution in [3.05, 3.63) is 67.3 Å². The molecular formula is C15H11N2O. The van der Waals surface area contributed by atoms with Crippen LogP contribution in [0.4, 0.5) is 0 Å². The zero-order valence-electron chi connectivity index (χ0n) is 9.65. The number of rotatable bonds is 2. The number of hydrogen-bond acceptors (Lipinski definition) is 1. The first-order valence-corrected chi connectivity index (χ1v) is 5.69. The monoisotopic (exact) mass is 235 g/mol. The van der Waals surface area contributed by atoms with Crippen LogP contribution in [0.1, 0.15) is 0 Å². The summed E-state index contributed by atoms with van der Waals surface area (Å²) in [5, 5.41) is 11.5. The topological polar surface area (TPSA) is 37.7 Å². The zero-order valence-corrected chi connectivity index (χ0v) is 9.65. The quantitative estimate of drug-likeness (QED) is 0.667. The second-order valence-corrected chi connectivity index (χ2v) is 4.01. The van der Waals surface area contributed by atoms with Crippen molar-refractivity contribution in [2.75, 3.05) is 0 Å². The number of benzene rings is 2. The summed E-state index contributed by atoms with van der Waals surface area (Å²) in [4.78, 5) is 4.02. The van der Waals surface area contributed by atoms with Crippen molar-refractivity contribution < 1.29 is 5.11 Å². The summed E-state index contributed by atoms with van der Waals surface area (Å²) in [6, 6.07) is 15.1. The minimum atomic E-state index is -0.00150. The summed E-state index contributed by atoms with van der Waals surface area (Å²) in [7, 11) is 0. The normalized spacial score (nSPS) is 10.4. The summed E-state index contributed by atoms with van der Waals surface area (Å²) >= 11 is 0. The molecule has 0 aliphatic rings. The van der Waals surface area contributed by atoms with Crippen molar-refractivity contribution in [1.82, 2.24) is 9.55 Å². The average Bonchev–Trinajstić information content (AvgIpc) is 2.93. The Morgan fingerprint density at radius 1 is 1.00 bits per heavy atom. The fourth-order valence-corrected chi connectivity index (χ4v) is 1.99. The summed E-state index contributed by atoms with van der Waals surface area (Å²) in [5.74, 6) is -0.00150. The molecule has 0 fully saturated rings. The van der Waals surface area contributed by atoms with Crippen molar-refractivity contribution in [1.29, 1.82) is 0 Å². The average molecular weight is 235 g/mol. The van der Waals surface area contributed by atoms with Crippen molar-refractivity contribution in [2.45, 2.75) is 0 Å². The lowest BCUT2D eigenvalue weighted by Gasteiger charge is -2.10. The molecule has 0 atom stereocenters. The Labute approximate surface area is 105 Å². The Balaban J connectivity index is 2.21. The number of aromatic nitrogens is 2. The summed E-state index contributed by atoms with van der Waals surface area (Å²) in [6.45, 7) is 0. The molecule has 3 heteroatoms. The predicted molar refractivity (Wildman–Crippen MR) is 69.1 cm³/mol. The van der Waals surface area contributed by atoms with Crippen LogP contribution in [0.3, 0.4) is 0 Å². The van der Waals surface area contributed by atoms with E-state index in [-0.39, 0.29) is 5.75 Å². The first-order valence-electron chi connectivity index (χ1n) is 5.69. The third-order valence-corrected chi connectivity index (χ3v) is 2.84. The molecule has 3 rings (SSSR count). The van der Waals surface area contributed by atoms with Crippen LogP contribution in [0.15, 0.2) is 67.3 Å². The van der Waals surface area contributed by atoms with Gasteiger partial charge in [0.05, 0.1) is 12.0 Å². The van der Waals surface area contributed by atoms with Gasteiger partial charge in [0.15, 0.2) is 5.75 Å². The second kappa shape index (κ2) is 4.37. The molecule has 0 amide bonds. The smallest absolute Gasteiger partial charge is 0.180 e. The predicted octanol–water partition coefficient (Wildman–Crippen LogP) is 3.68. The van der Waals surface area contributed by atoms with Gasteiger partial charge in [0.1, 0.15) is 0 Å². The molecule has 0 aliphatic heterocycles. The van der Waals surface area contributed by atoms with Crippen molar-refractivity contribution >= 4 is 0 Å². The standard InChI is InChI=1S/C15H11N2O/c18-13-6-7-14(12-4-2-1-3-5-12)15(10-13)17-9-8-16-11-17/h1-11H. The fraction of sp³-hybridized carbons (Fsp3) is 0. The van der Waals surface area contributed by atoms with Gasteiger partial charge in [-0.1, -0.05) is 30.3 Å². The molecule has 0 saturated heterocycles. The summed E-state index contributed by atoms with van der Waals surface area (Å²) < 4.78 is 1.85. The molecule has 0 saturated carbocycles. The Bertz CT molecular complexity index is 646. The highest BCUT2D eigenvalue weighted by Crippen LogP contribution is 2.29. The molecule has 0 bridgehead atoms. The van der Waals surface area contributed by atoms with Crippen LogP contribution >= 0.6 is 0 Å². The van der Waals surface area contributed by atoms with Gasteiger partial charge in [0.25, 0.3) is 0 Å². The van der Waals surface area contributed by atoms with Crippen LogP contribution in [0.2, 0.25) is 0 Å². The van der Waals surface area contributed by atoms with Gasteiger partial charge < -0.3 is 4.57 Å². The van der Waals surface area contributed by atoms with Crippen molar-refractivity contribution in [3.63, 3.8) is 0 Å². The van der Waals surface area contributed by atoms with Gasteiger partial charge >= 0.3 is 0 Å². The first-order chi connectivity index (χ1) is 8.84. The highest BCUT2D eigenvalue weighted by molar-refractivity contribution is 5.74. The van der Waals surface area contributed by atoms with Gasteiger partial charge in [0, 0.05) is 24.0 Å². The lowest BCUT2D eigenvalue weighted by Crippen LogP contribution is -1.93. The third kappa shape index (κ3) is 1.86. The van der Waals surface area contributed by atoms with Gasteiger partial charge in [-0.15, -0.1) is 0 Å². The maximum Gasteiger partial charge on any atom is 0.180 e. The van der Waals surface area contributed by atoms with E-state index in [0.717, 1.165) is 16.8 Å². The Morgan fingerprint density at radius 2 is 1.83 bits per heavy atom. The van der Waals surface area contributed by atoms with E-state index < -0.39 is 0 Å². The van der Waals surface area contributed by atoms with E-state index in [4.69, 9.17) is 0 Å². The summed E-state index contributed by atoms with van der Waals surface area (Å²) in [5.41, 5.74) is 2.96. The van der Waals surface area contributed by atoms with E-state index >= 15 is 0 Å². The minimum Gasteiger partial charge on any atom is -0.306 e. The van der Waals surface area contributed by atoms with Gasteiger partial charge in [-0.25, -0.2) is 4.98 Å². The second-order valence-electron chi connectivity index (χ2n) is 4.01. The Kier molecular flexibility index (Phi) is 2.57. The lowest BCUT2D eigenvalue weighted by molar-refractivity contribution is 0.355. The lowest BCUT2D eigenvalue weighted by atomic mass is 10.0. The van der Waals surface area contributed by atoms with E-state index in [1.807, 2.05) is 47.2 Å². The molecule has 0 N–H and O–H groups in total. The van der Waals surface area contributed by atoms with Gasteiger partial charge in [-0.05, 0) is 17.7 Å². The summed E-state index contributed by atoms with van der Waals surface area (Å²) in [6.07, 6.45) is 5.23. The van der Waals surface area contributed by atoms with E-state index in [1.165, 1.54) is 0 Å². The zero-order chi connectivity index (χ0) is 12.4. The van der Waals surface area contributed by atoms with Crippen LogP contribution in [0.25, 0.3) is 16.8 Å². The molecule has 3 aromatic rings. The molecule has 3 nitrogen and oxygen atoms in total. The number of hydrogen-bond donors (Lipinski definition) is 0. The molecule has 18 heavy (non-hydrogen) atoms. The van der Waals surface area contributed by atoms with Crippen LogP contribution in [0, 0.1) is 0 Å². The van der Waals surface area contributed by atoms with Crippen molar-refractivity contribution in [2.24, 2.45) is 0 Å². The fourth-order valence-electron chi connectivity index (χ4n) is 1.99. The molecule has 1 heterocycles. The third-order valence-electron chi connectivity index (χ3n) is 2.84. The van der Waals surface area contributed by atoms with Gasteiger partial charge in [-0.3, -0.25) is 5.11 Å². The highest BCUT2D eigenvalue weighted by atomic mass is 16.3. The van der Waals surface area contributed by atoms with Crippen LogP contribution in [0.5, 0.6) is 5.75 Å². The Morgan fingerprint density at radius 3 is 2.56 bits per heavy atom. The van der Waals surface area contributed by atoms with E-state index in [2.05, 4.69) is 4.98 Å². The highest BCUT2D eigenvalue weighted by Gasteiger charge is 2.08. The van der Waals surface area contributed by atoms with E-state index in [0.29, 0.717) is 0 Å². The van der Waals surface area contributed by atoms with Gasteiger partial charge in [-0.2, -0.15) is 0 Å². The van der Waals surface area contributed by atoms with Gasteiger partial charge in [0.2, 0.25) is 0 Å². The first kappa shape index (κ1) is 10.6. The molecule has 0 aliphatic carbocycles. The largest absolute Gasteiger partial charge is 0.306 e. The molecule has 2 aromatic carbocycles. The molecule has 0 unspecified atom stereocenters. The van der Waals surface area contributed by atoms with E-state index in [9.17, 15) is 5.11 Å². The number of imidazole rings is 1. The molecule has 1 aromatic heterocycles. The maximum absolute atomic E-state index is 11.5. The van der Waals surface area contributed by atoms with Crippen LogP contribution < -0.4 is 0 Å². The van der Waals surface area contributed by atoms with E-state index in [1.54, 1.807) is 24.7 Å². The molecule has 1 radical (unpaired) electrons. The maximum atomic E-state index is 11.5. The molecular weight excluding hydrogens is 224 g/mol.